The smallest absolute Gasteiger partial charge is 0.397 e. The van der Waals surface area contributed by atoms with Gasteiger partial charge in [0.05, 0.1) is 19.8 Å². The number of aliphatic hydroxyl groups is 3. The number of hydrogen-bond acceptors (Lipinski definition) is 11. The van der Waals surface area contributed by atoms with Gasteiger partial charge in [0.1, 0.15) is 30.5 Å². The molecule has 0 aromatic heterocycles. The van der Waals surface area contributed by atoms with E-state index in [1.54, 1.807) is 0 Å². The highest BCUT2D eigenvalue weighted by Crippen LogP contribution is 2.26. The Morgan fingerprint density at radius 1 is 0.576 bits per heavy atom. The minimum atomic E-state index is -5.07. The molecule has 0 aromatic carbocycles. The third kappa shape index (κ3) is 37.2. The van der Waals surface area contributed by atoms with E-state index in [2.05, 4.69) is 54.5 Å². The van der Waals surface area contributed by atoms with Crippen molar-refractivity contribution in [1.82, 2.24) is 0 Å². The molecule has 388 valence electrons. The molecule has 0 aromatic rings. The van der Waals surface area contributed by atoms with E-state index in [4.69, 9.17) is 18.9 Å². The van der Waals surface area contributed by atoms with E-state index in [0.717, 1.165) is 51.4 Å². The predicted molar refractivity (Wildman–Crippen MR) is 267 cm³/mol. The monoisotopic (exact) mass is 959 g/mol. The molecule has 1 fully saturated rings. The molecule has 66 heavy (non-hydrogen) atoms. The number of hydrogen-bond donors (Lipinski definition) is 4. The summed E-state index contributed by atoms with van der Waals surface area (Å²) in [6.07, 6.45) is 44.6. The standard InChI is InChI=1S/C53H98O12S/c1-3-5-7-9-11-13-15-17-19-21-22-23-24-25-27-29-31-33-35-37-39-41-43-61-45-47(46-62-53-51(57)52(65-66(58,59)60)50(56)48(44-54)64-53)63-49(55)42-40-38-36-34-32-30-28-26-20-18-16-14-12-10-8-6-4-2/h15,17-18,20-22,47-48,50-54,56-57H,3-14,16,19,23-46H2,1-2H3,(H,58,59,60)/b17-15-,20-18-,22-21-. The van der Waals surface area contributed by atoms with Crippen molar-refractivity contribution in [3.8, 4) is 0 Å². The second kappa shape index (κ2) is 44.5. The average molecular weight is 959 g/mol. The van der Waals surface area contributed by atoms with Crippen molar-refractivity contribution in [3.05, 3.63) is 36.5 Å². The van der Waals surface area contributed by atoms with Crippen LogP contribution >= 0.6 is 0 Å². The molecule has 1 heterocycles. The Hall–Kier alpha value is -1.68. The molecule has 0 radical (unpaired) electrons. The van der Waals surface area contributed by atoms with Gasteiger partial charge in [-0.2, -0.15) is 8.42 Å². The second-order valence-electron chi connectivity index (χ2n) is 18.5. The lowest BCUT2D eigenvalue weighted by atomic mass is 9.99. The van der Waals surface area contributed by atoms with E-state index < -0.39 is 59.8 Å². The quantitative estimate of drug-likeness (QED) is 0.0197. The summed E-state index contributed by atoms with van der Waals surface area (Å²) in [5.74, 6) is -0.403. The fourth-order valence-electron chi connectivity index (χ4n) is 8.17. The number of unbranched alkanes of at least 4 members (excludes halogenated alkanes) is 28. The van der Waals surface area contributed by atoms with Crippen molar-refractivity contribution in [1.29, 1.82) is 0 Å². The molecule has 4 N–H and O–H groups in total. The summed E-state index contributed by atoms with van der Waals surface area (Å²) in [6.45, 7) is 3.99. The molecule has 1 aliphatic heterocycles. The van der Waals surface area contributed by atoms with E-state index in [-0.39, 0.29) is 19.6 Å². The average Bonchev–Trinajstić information content (AvgIpc) is 3.29. The maximum absolute atomic E-state index is 12.9. The highest BCUT2D eigenvalue weighted by atomic mass is 32.3. The summed E-state index contributed by atoms with van der Waals surface area (Å²) < 4.78 is 59.3. The number of carbonyl (C=O) groups excluding carboxylic acids is 1. The number of aliphatic hydroxyl groups excluding tert-OH is 3. The van der Waals surface area contributed by atoms with Crippen LogP contribution in [0.5, 0.6) is 0 Å². The first kappa shape index (κ1) is 62.3. The van der Waals surface area contributed by atoms with Crippen molar-refractivity contribution in [2.24, 2.45) is 0 Å². The molecule has 13 heteroatoms. The van der Waals surface area contributed by atoms with Gasteiger partial charge < -0.3 is 34.3 Å². The number of ether oxygens (including phenoxy) is 4. The summed E-state index contributed by atoms with van der Waals surface area (Å²) in [6, 6.07) is 0. The minimum Gasteiger partial charge on any atom is -0.457 e. The molecule has 1 saturated heterocycles. The van der Waals surface area contributed by atoms with Crippen molar-refractivity contribution < 1.29 is 56.2 Å². The second-order valence-corrected chi connectivity index (χ2v) is 19.5. The highest BCUT2D eigenvalue weighted by molar-refractivity contribution is 7.80. The van der Waals surface area contributed by atoms with Crippen LogP contribution in [-0.4, -0.2) is 97.5 Å². The third-order valence-electron chi connectivity index (χ3n) is 12.2. The molecule has 6 unspecified atom stereocenters. The first-order valence-corrected chi connectivity index (χ1v) is 28.1. The zero-order chi connectivity index (χ0) is 48.2. The Morgan fingerprint density at radius 3 is 1.45 bits per heavy atom. The normalized spacial score (nSPS) is 19.8. The predicted octanol–water partition coefficient (Wildman–Crippen LogP) is 12.5. The van der Waals surface area contributed by atoms with Gasteiger partial charge in [-0.25, -0.2) is 4.18 Å². The van der Waals surface area contributed by atoms with E-state index in [1.807, 2.05) is 0 Å². The van der Waals surface area contributed by atoms with Gasteiger partial charge in [-0.05, 0) is 70.6 Å². The Balaban J connectivity index is 2.34. The van der Waals surface area contributed by atoms with Crippen molar-refractivity contribution >= 4 is 16.4 Å². The third-order valence-corrected chi connectivity index (χ3v) is 12.7. The summed E-state index contributed by atoms with van der Waals surface area (Å²) in [5.41, 5.74) is 0. The van der Waals surface area contributed by atoms with Gasteiger partial charge >= 0.3 is 16.4 Å². The molecule has 0 aliphatic carbocycles. The number of carbonyl (C=O) groups is 1. The van der Waals surface area contributed by atoms with Crippen LogP contribution in [0.25, 0.3) is 0 Å². The maximum Gasteiger partial charge on any atom is 0.397 e. The van der Waals surface area contributed by atoms with Crippen LogP contribution in [0.4, 0.5) is 0 Å². The summed E-state index contributed by atoms with van der Waals surface area (Å²) in [5, 5.41) is 30.8. The van der Waals surface area contributed by atoms with E-state index >= 15 is 0 Å². The fraction of sp³-hybridized carbons (Fsp3) is 0.868. The number of allylic oxidation sites excluding steroid dienone is 6. The first-order valence-electron chi connectivity index (χ1n) is 26.7. The lowest BCUT2D eigenvalue weighted by Crippen LogP contribution is -2.60. The topological polar surface area (TPSA) is 178 Å². The lowest BCUT2D eigenvalue weighted by molar-refractivity contribution is -0.301. The van der Waals surface area contributed by atoms with Gasteiger partial charge in [0.15, 0.2) is 6.29 Å². The van der Waals surface area contributed by atoms with Crippen LogP contribution in [0.3, 0.4) is 0 Å². The summed E-state index contributed by atoms with van der Waals surface area (Å²) in [7, 11) is -5.07. The van der Waals surface area contributed by atoms with Gasteiger partial charge in [-0.1, -0.05) is 192 Å². The summed E-state index contributed by atoms with van der Waals surface area (Å²) in [4.78, 5) is 12.9. The number of esters is 1. The SMILES string of the molecule is CCCCCCC/C=C\C/C=C\CCCCCCCCCCCCOCC(COC1OC(CO)C(O)C(OS(=O)(=O)O)C1O)OC(=O)CCCCCCCCC/C=C\CCCCCCCC. The largest absolute Gasteiger partial charge is 0.457 e. The molecule has 0 spiro atoms. The molecule has 1 rings (SSSR count). The van der Waals surface area contributed by atoms with Gasteiger partial charge in [-0.15, -0.1) is 0 Å². The van der Waals surface area contributed by atoms with Crippen molar-refractivity contribution in [2.45, 2.75) is 269 Å². The van der Waals surface area contributed by atoms with Crippen molar-refractivity contribution in [3.63, 3.8) is 0 Å². The Labute approximate surface area is 403 Å². The van der Waals surface area contributed by atoms with Gasteiger partial charge in [0, 0.05) is 13.0 Å². The van der Waals surface area contributed by atoms with Crippen LogP contribution in [0.2, 0.25) is 0 Å². The first-order chi connectivity index (χ1) is 32.1. The number of rotatable bonds is 47. The molecule has 0 amide bonds. The van der Waals surface area contributed by atoms with E-state index in [1.165, 1.54) is 154 Å². The zero-order valence-corrected chi connectivity index (χ0v) is 42.6. The van der Waals surface area contributed by atoms with Crippen LogP contribution in [0.1, 0.15) is 232 Å². The van der Waals surface area contributed by atoms with E-state index in [0.29, 0.717) is 13.0 Å². The van der Waals surface area contributed by atoms with Gasteiger partial charge in [-0.3, -0.25) is 9.35 Å². The molecular weight excluding hydrogens is 861 g/mol. The Morgan fingerprint density at radius 2 is 1.00 bits per heavy atom. The Kier molecular flexibility index (Phi) is 42.1. The van der Waals surface area contributed by atoms with Crippen LogP contribution in [0, 0.1) is 0 Å². The van der Waals surface area contributed by atoms with Gasteiger partial charge in [0.2, 0.25) is 0 Å². The van der Waals surface area contributed by atoms with Crippen LogP contribution < -0.4 is 0 Å². The van der Waals surface area contributed by atoms with Crippen LogP contribution in [0.15, 0.2) is 36.5 Å². The fourth-order valence-corrected chi connectivity index (χ4v) is 8.68. The molecule has 6 atom stereocenters. The Bertz CT molecular complexity index is 1290. The molecule has 12 nitrogen and oxygen atoms in total. The summed E-state index contributed by atoms with van der Waals surface area (Å²) >= 11 is 0. The molecule has 0 saturated carbocycles. The molecule has 1 aliphatic rings. The lowest BCUT2D eigenvalue weighted by Gasteiger charge is -2.41. The molecule has 0 bridgehead atoms. The van der Waals surface area contributed by atoms with Gasteiger partial charge in [0.25, 0.3) is 0 Å². The zero-order valence-electron chi connectivity index (χ0n) is 41.8. The minimum absolute atomic E-state index is 0.0336. The molecular formula is C53H98O12S. The van der Waals surface area contributed by atoms with Crippen LogP contribution in [-0.2, 0) is 38.3 Å². The maximum atomic E-state index is 12.9. The van der Waals surface area contributed by atoms with E-state index in [9.17, 15) is 33.1 Å². The highest BCUT2D eigenvalue weighted by Gasteiger charge is 2.48. The van der Waals surface area contributed by atoms with Crippen molar-refractivity contribution in [2.75, 3.05) is 26.4 Å².